The van der Waals surface area contributed by atoms with Gasteiger partial charge in [-0.2, -0.15) is 0 Å². The number of pyridine rings is 1. The van der Waals surface area contributed by atoms with Gasteiger partial charge in [-0.1, -0.05) is 32.0 Å². The third kappa shape index (κ3) is 3.86. The number of hydrogen-bond acceptors (Lipinski definition) is 4. The minimum Gasteiger partial charge on any atom is -0.409 e. The molecule has 0 aliphatic carbocycles. The van der Waals surface area contributed by atoms with Crippen molar-refractivity contribution in [2.75, 3.05) is 18.0 Å². The highest BCUT2D eigenvalue weighted by Crippen LogP contribution is 2.34. The van der Waals surface area contributed by atoms with E-state index in [1.54, 1.807) is 6.07 Å². The molecule has 0 bridgehead atoms. The van der Waals surface area contributed by atoms with Crippen LogP contribution in [0.25, 0.3) is 0 Å². The molecule has 1 saturated heterocycles. The van der Waals surface area contributed by atoms with Crippen molar-refractivity contribution in [3.05, 3.63) is 23.9 Å². The topological polar surface area (TPSA) is 74.7 Å². The molecule has 0 aromatic carbocycles. The van der Waals surface area contributed by atoms with E-state index in [1.165, 1.54) is 19.3 Å². The lowest BCUT2D eigenvalue weighted by molar-refractivity contribution is 0.220. The van der Waals surface area contributed by atoms with E-state index in [0.29, 0.717) is 11.1 Å². The monoisotopic (exact) mass is 290 g/mol. The molecule has 5 heteroatoms. The zero-order valence-corrected chi connectivity index (χ0v) is 13.2. The summed E-state index contributed by atoms with van der Waals surface area (Å²) in [6, 6.07) is 5.65. The van der Waals surface area contributed by atoms with Crippen LogP contribution < -0.4 is 10.6 Å². The third-order valence-electron chi connectivity index (χ3n) is 4.38. The molecule has 2 heterocycles. The zero-order chi connectivity index (χ0) is 15.5. The van der Waals surface area contributed by atoms with Crippen molar-refractivity contribution in [2.45, 2.75) is 40.0 Å². The predicted molar refractivity (Wildman–Crippen MR) is 85.8 cm³/mol. The molecule has 1 aromatic rings. The lowest BCUT2D eigenvalue weighted by Crippen LogP contribution is -2.27. The van der Waals surface area contributed by atoms with Crippen LogP contribution in [0, 0.1) is 11.3 Å². The Morgan fingerprint density at radius 1 is 1.33 bits per heavy atom. The van der Waals surface area contributed by atoms with Gasteiger partial charge in [0.2, 0.25) is 0 Å². The number of amidine groups is 1. The molecule has 1 aliphatic heterocycles. The van der Waals surface area contributed by atoms with E-state index in [1.807, 2.05) is 12.1 Å². The minimum atomic E-state index is 0.0549. The van der Waals surface area contributed by atoms with E-state index in [0.717, 1.165) is 24.8 Å². The Hall–Kier alpha value is -1.78. The lowest BCUT2D eigenvalue weighted by Gasteiger charge is -2.30. The average Bonchev–Trinajstić information content (AvgIpc) is 2.72. The van der Waals surface area contributed by atoms with Crippen LogP contribution in [-0.2, 0) is 0 Å². The maximum Gasteiger partial charge on any atom is 0.188 e. The van der Waals surface area contributed by atoms with Crippen molar-refractivity contribution in [3.63, 3.8) is 0 Å². The summed E-state index contributed by atoms with van der Waals surface area (Å²) in [6.45, 7) is 8.99. The van der Waals surface area contributed by atoms with E-state index in [2.05, 4.69) is 35.8 Å². The van der Waals surface area contributed by atoms with Crippen LogP contribution in [0.2, 0.25) is 0 Å². The Balaban J connectivity index is 2.12. The molecule has 3 N–H and O–H groups in total. The molecule has 0 spiro atoms. The van der Waals surface area contributed by atoms with Gasteiger partial charge in [-0.15, -0.1) is 0 Å². The summed E-state index contributed by atoms with van der Waals surface area (Å²) in [6.07, 6.45) is 3.62. The summed E-state index contributed by atoms with van der Waals surface area (Å²) in [5, 5.41) is 11.8. The summed E-state index contributed by atoms with van der Waals surface area (Å²) in [4.78, 5) is 6.81. The fraction of sp³-hybridized carbons (Fsp3) is 0.625. The maximum absolute atomic E-state index is 8.77. The lowest BCUT2D eigenvalue weighted by atomic mass is 9.77. The van der Waals surface area contributed by atoms with Crippen LogP contribution in [0.5, 0.6) is 0 Å². The molecule has 0 saturated carbocycles. The van der Waals surface area contributed by atoms with Gasteiger partial charge in [0.15, 0.2) is 5.84 Å². The van der Waals surface area contributed by atoms with Crippen LogP contribution >= 0.6 is 0 Å². The van der Waals surface area contributed by atoms with Crippen LogP contribution in [0.3, 0.4) is 0 Å². The first-order valence-corrected chi connectivity index (χ1v) is 7.61. The fourth-order valence-electron chi connectivity index (χ4n) is 2.98. The molecule has 1 aromatic heterocycles. The molecule has 1 fully saturated rings. The van der Waals surface area contributed by atoms with Crippen molar-refractivity contribution in [1.82, 2.24) is 4.98 Å². The highest BCUT2D eigenvalue weighted by atomic mass is 16.4. The molecule has 21 heavy (non-hydrogen) atoms. The molecule has 0 radical (unpaired) electrons. The first-order chi connectivity index (χ1) is 9.91. The Bertz CT molecular complexity index is 507. The van der Waals surface area contributed by atoms with E-state index < -0.39 is 0 Å². The minimum absolute atomic E-state index is 0.0549. The Morgan fingerprint density at radius 2 is 2.10 bits per heavy atom. The van der Waals surface area contributed by atoms with E-state index in [4.69, 9.17) is 10.9 Å². The Kier molecular flexibility index (Phi) is 4.70. The van der Waals surface area contributed by atoms with Crippen LogP contribution in [-0.4, -0.2) is 29.1 Å². The van der Waals surface area contributed by atoms with Gasteiger partial charge in [0, 0.05) is 13.1 Å². The molecule has 1 atom stereocenters. The van der Waals surface area contributed by atoms with Gasteiger partial charge in [0.05, 0.1) is 0 Å². The van der Waals surface area contributed by atoms with Crippen LogP contribution in [0.4, 0.5) is 5.82 Å². The molecule has 0 amide bonds. The number of hydrogen-bond donors (Lipinski definition) is 2. The number of anilines is 1. The summed E-state index contributed by atoms with van der Waals surface area (Å²) in [7, 11) is 0. The Labute approximate surface area is 126 Å². The quantitative estimate of drug-likeness (QED) is 0.380. The van der Waals surface area contributed by atoms with Gasteiger partial charge >= 0.3 is 0 Å². The second-order valence-corrected chi connectivity index (χ2v) is 6.85. The molecular weight excluding hydrogens is 264 g/mol. The second kappa shape index (κ2) is 6.33. The van der Waals surface area contributed by atoms with Crippen molar-refractivity contribution >= 4 is 11.7 Å². The molecule has 1 aliphatic rings. The second-order valence-electron chi connectivity index (χ2n) is 6.85. The first-order valence-electron chi connectivity index (χ1n) is 7.61. The average molecular weight is 290 g/mol. The summed E-state index contributed by atoms with van der Waals surface area (Å²) >= 11 is 0. The van der Waals surface area contributed by atoms with E-state index >= 15 is 0 Å². The number of aromatic nitrogens is 1. The third-order valence-corrected chi connectivity index (χ3v) is 4.38. The molecule has 2 rings (SSSR count). The first kappa shape index (κ1) is 15.6. The van der Waals surface area contributed by atoms with Crippen molar-refractivity contribution < 1.29 is 5.21 Å². The fourth-order valence-corrected chi connectivity index (χ4v) is 2.98. The number of rotatable bonds is 2. The molecule has 5 nitrogen and oxygen atoms in total. The van der Waals surface area contributed by atoms with Crippen LogP contribution in [0.15, 0.2) is 23.4 Å². The standard InChI is InChI=1S/C16H26N4O/c1-16(2,3)12-6-5-10-20(11-9-12)14-8-4-7-13(18-14)15(17)19-21/h4,7-8,12,21H,5-6,9-11H2,1-3H3,(H2,17,19). The predicted octanol–water partition coefficient (Wildman–Crippen LogP) is 2.83. The molecular formula is C16H26N4O. The van der Waals surface area contributed by atoms with E-state index in [-0.39, 0.29) is 5.84 Å². The molecule has 1 unspecified atom stereocenters. The van der Waals surface area contributed by atoms with Gasteiger partial charge < -0.3 is 15.8 Å². The van der Waals surface area contributed by atoms with Gasteiger partial charge in [-0.25, -0.2) is 4.98 Å². The van der Waals surface area contributed by atoms with Gasteiger partial charge in [-0.05, 0) is 42.7 Å². The maximum atomic E-state index is 8.77. The van der Waals surface area contributed by atoms with E-state index in [9.17, 15) is 0 Å². The van der Waals surface area contributed by atoms with Crippen molar-refractivity contribution in [3.8, 4) is 0 Å². The summed E-state index contributed by atoms with van der Waals surface area (Å²) < 4.78 is 0. The summed E-state index contributed by atoms with van der Waals surface area (Å²) in [5.74, 6) is 1.71. The largest absolute Gasteiger partial charge is 0.409 e. The molecule has 116 valence electrons. The highest BCUT2D eigenvalue weighted by molar-refractivity contribution is 5.95. The van der Waals surface area contributed by atoms with Crippen LogP contribution in [0.1, 0.15) is 45.7 Å². The van der Waals surface area contributed by atoms with Gasteiger partial charge in [-0.3, -0.25) is 0 Å². The van der Waals surface area contributed by atoms with Gasteiger partial charge in [0.1, 0.15) is 11.5 Å². The van der Waals surface area contributed by atoms with Crippen molar-refractivity contribution in [2.24, 2.45) is 22.2 Å². The number of oxime groups is 1. The van der Waals surface area contributed by atoms with Crippen molar-refractivity contribution in [1.29, 1.82) is 0 Å². The van der Waals surface area contributed by atoms with Gasteiger partial charge in [0.25, 0.3) is 0 Å². The Morgan fingerprint density at radius 3 is 2.76 bits per heavy atom. The SMILES string of the molecule is CC(C)(C)C1CCCN(c2cccc(C(N)=NO)n2)CC1. The normalized spacial score (nSPS) is 21.2. The zero-order valence-electron chi connectivity index (χ0n) is 13.2. The highest BCUT2D eigenvalue weighted by Gasteiger charge is 2.27. The summed E-state index contributed by atoms with van der Waals surface area (Å²) in [5.41, 5.74) is 6.50. The number of nitrogens with two attached hydrogens (primary N) is 1. The smallest absolute Gasteiger partial charge is 0.188 e. The number of nitrogens with zero attached hydrogens (tertiary/aromatic N) is 3.